The first-order valence-electron chi connectivity index (χ1n) is 6.31. The fourth-order valence-electron chi connectivity index (χ4n) is 2.72. The zero-order valence-electron chi connectivity index (χ0n) is 10.3. The van der Waals surface area contributed by atoms with Crippen LogP contribution in [0.5, 0.6) is 0 Å². The van der Waals surface area contributed by atoms with E-state index < -0.39 is 24.0 Å². The molecule has 0 amide bonds. The largest absolute Gasteiger partial charge is 0.391 e. The van der Waals surface area contributed by atoms with Crippen LogP contribution in [0.25, 0.3) is 0 Å². The summed E-state index contributed by atoms with van der Waals surface area (Å²) in [6.45, 7) is 0. The van der Waals surface area contributed by atoms with Crippen LogP contribution in [0.15, 0.2) is 18.5 Å². The van der Waals surface area contributed by atoms with E-state index in [1.54, 1.807) is 0 Å². The minimum absolute atomic E-state index is 0.0779. The van der Waals surface area contributed by atoms with Gasteiger partial charge in [0.1, 0.15) is 5.82 Å². The minimum Gasteiger partial charge on any atom is -0.324 e. The Balaban J connectivity index is 2.00. The van der Waals surface area contributed by atoms with Gasteiger partial charge < -0.3 is 5.73 Å². The van der Waals surface area contributed by atoms with E-state index in [0.29, 0.717) is 18.4 Å². The third kappa shape index (κ3) is 3.23. The van der Waals surface area contributed by atoms with Gasteiger partial charge in [0.05, 0.1) is 12.1 Å². The molecule has 1 fully saturated rings. The minimum atomic E-state index is -4.13. The Morgan fingerprint density at radius 2 is 1.84 bits per heavy atom. The van der Waals surface area contributed by atoms with Crippen LogP contribution in [0.4, 0.5) is 17.6 Å². The van der Waals surface area contributed by atoms with Crippen molar-refractivity contribution in [2.45, 2.75) is 37.9 Å². The van der Waals surface area contributed by atoms with Gasteiger partial charge in [0.15, 0.2) is 0 Å². The lowest BCUT2D eigenvalue weighted by Crippen LogP contribution is -2.32. The van der Waals surface area contributed by atoms with Gasteiger partial charge in [-0.2, -0.15) is 13.2 Å². The molecule has 1 aromatic rings. The van der Waals surface area contributed by atoms with Gasteiger partial charge in [0.2, 0.25) is 0 Å². The van der Waals surface area contributed by atoms with Crippen molar-refractivity contribution in [3.05, 3.63) is 29.8 Å². The molecule has 1 atom stereocenters. The van der Waals surface area contributed by atoms with Gasteiger partial charge in [-0.15, -0.1) is 0 Å². The molecule has 0 aromatic carbocycles. The molecule has 0 saturated heterocycles. The van der Waals surface area contributed by atoms with Crippen LogP contribution in [-0.2, 0) is 0 Å². The number of rotatable bonds is 2. The molecule has 19 heavy (non-hydrogen) atoms. The first-order valence-corrected chi connectivity index (χ1v) is 6.31. The van der Waals surface area contributed by atoms with E-state index in [9.17, 15) is 17.6 Å². The quantitative estimate of drug-likeness (QED) is 0.838. The monoisotopic (exact) mass is 276 g/mol. The van der Waals surface area contributed by atoms with E-state index >= 15 is 0 Å². The molecule has 2 nitrogen and oxygen atoms in total. The molecule has 2 rings (SSSR count). The molecule has 2 N–H and O–H groups in total. The number of nitrogens with zero attached hydrogens (tertiary/aromatic N) is 1. The summed E-state index contributed by atoms with van der Waals surface area (Å²) in [4.78, 5) is 3.64. The topological polar surface area (TPSA) is 38.9 Å². The highest BCUT2D eigenvalue weighted by molar-refractivity contribution is 5.18. The maximum Gasteiger partial charge on any atom is 0.391 e. The van der Waals surface area contributed by atoms with Crippen LogP contribution >= 0.6 is 0 Å². The van der Waals surface area contributed by atoms with Gasteiger partial charge in [-0.05, 0) is 37.7 Å². The third-order valence-corrected chi connectivity index (χ3v) is 3.91. The molecule has 106 valence electrons. The molecule has 1 aromatic heterocycles. The summed E-state index contributed by atoms with van der Waals surface area (Å²) < 4.78 is 51.2. The van der Waals surface area contributed by atoms with Crippen molar-refractivity contribution in [1.82, 2.24) is 4.98 Å². The van der Waals surface area contributed by atoms with Crippen LogP contribution in [-0.4, -0.2) is 11.2 Å². The Kier molecular flexibility index (Phi) is 4.08. The van der Waals surface area contributed by atoms with Crippen molar-refractivity contribution in [1.29, 1.82) is 0 Å². The molecule has 1 aliphatic carbocycles. The molecule has 1 saturated carbocycles. The van der Waals surface area contributed by atoms with E-state index in [4.69, 9.17) is 5.73 Å². The van der Waals surface area contributed by atoms with Gasteiger partial charge in [-0.3, -0.25) is 4.98 Å². The number of halogens is 4. The van der Waals surface area contributed by atoms with Gasteiger partial charge >= 0.3 is 6.18 Å². The predicted molar refractivity (Wildman–Crippen MR) is 62.6 cm³/mol. The first-order chi connectivity index (χ1) is 8.89. The van der Waals surface area contributed by atoms with Gasteiger partial charge in [0.25, 0.3) is 0 Å². The van der Waals surface area contributed by atoms with Gasteiger partial charge in [0, 0.05) is 17.8 Å². The van der Waals surface area contributed by atoms with Crippen molar-refractivity contribution in [2.24, 2.45) is 17.6 Å². The van der Waals surface area contributed by atoms with Crippen LogP contribution < -0.4 is 5.73 Å². The average molecular weight is 276 g/mol. The summed E-state index contributed by atoms with van der Waals surface area (Å²) in [6, 6.07) is 0.938. The molecule has 1 aliphatic rings. The van der Waals surface area contributed by atoms with E-state index in [1.807, 2.05) is 0 Å². The molecule has 6 heteroatoms. The Bertz CT molecular complexity index is 425. The predicted octanol–water partition coefficient (Wildman–Crippen LogP) is 3.59. The molecular formula is C13H16F4N2. The molecule has 1 unspecified atom stereocenters. The molecule has 1 heterocycles. The third-order valence-electron chi connectivity index (χ3n) is 3.91. The smallest absolute Gasteiger partial charge is 0.324 e. The Morgan fingerprint density at radius 3 is 2.37 bits per heavy atom. The number of hydrogen-bond donors (Lipinski definition) is 1. The van der Waals surface area contributed by atoms with E-state index in [2.05, 4.69) is 4.98 Å². The summed E-state index contributed by atoms with van der Waals surface area (Å²) in [7, 11) is 0. The number of alkyl halides is 3. The number of hydrogen-bond acceptors (Lipinski definition) is 2. The molecule has 0 bridgehead atoms. The van der Waals surface area contributed by atoms with E-state index in [-0.39, 0.29) is 18.8 Å². The van der Waals surface area contributed by atoms with Gasteiger partial charge in [-0.25, -0.2) is 4.39 Å². The molecular weight excluding hydrogens is 260 g/mol. The lowest BCUT2D eigenvalue weighted by atomic mass is 9.77. The maximum atomic E-state index is 13.5. The van der Waals surface area contributed by atoms with Crippen molar-refractivity contribution >= 4 is 0 Å². The second kappa shape index (κ2) is 5.45. The fraction of sp³-hybridized carbons (Fsp3) is 0.615. The number of nitrogens with two attached hydrogens (primary N) is 1. The number of aromatic nitrogens is 1. The summed E-state index contributed by atoms with van der Waals surface area (Å²) in [5.74, 6) is -1.83. The summed E-state index contributed by atoms with van der Waals surface area (Å²) in [6.07, 6.45) is -0.684. The highest BCUT2D eigenvalue weighted by Gasteiger charge is 2.42. The second-order valence-corrected chi connectivity index (χ2v) is 5.08. The second-order valence-electron chi connectivity index (χ2n) is 5.08. The van der Waals surface area contributed by atoms with Crippen molar-refractivity contribution in [2.75, 3.05) is 0 Å². The van der Waals surface area contributed by atoms with E-state index in [1.165, 1.54) is 12.3 Å². The standard InChI is InChI=1S/C13H16F4N2/c14-11-7-19-6-5-10(11)12(18)8-1-3-9(4-2-8)13(15,16)17/h5-9,12H,1-4,18H2. The number of pyridine rings is 1. The molecule has 0 radical (unpaired) electrons. The first kappa shape index (κ1) is 14.2. The zero-order valence-corrected chi connectivity index (χ0v) is 10.3. The van der Waals surface area contributed by atoms with Gasteiger partial charge in [-0.1, -0.05) is 0 Å². The van der Waals surface area contributed by atoms with Crippen molar-refractivity contribution in [3.63, 3.8) is 0 Å². The molecule has 0 spiro atoms. The van der Waals surface area contributed by atoms with Crippen molar-refractivity contribution in [3.8, 4) is 0 Å². The van der Waals surface area contributed by atoms with E-state index in [0.717, 1.165) is 6.20 Å². The fourth-order valence-corrected chi connectivity index (χ4v) is 2.72. The highest BCUT2D eigenvalue weighted by Crippen LogP contribution is 2.42. The lowest BCUT2D eigenvalue weighted by molar-refractivity contribution is -0.184. The van der Waals surface area contributed by atoms with Crippen LogP contribution in [0.2, 0.25) is 0 Å². The van der Waals surface area contributed by atoms with Crippen molar-refractivity contribution < 1.29 is 17.6 Å². The molecule has 0 aliphatic heterocycles. The highest BCUT2D eigenvalue weighted by atomic mass is 19.4. The lowest BCUT2D eigenvalue weighted by Gasteiger charge is -2.33. The van der Waals surface area contributed by atoms with Crippen LogP contribution in [0.1, 0.15) is 37.3 Å². The summed E-state index contributed by atoms with van der Waals surface area (Å²) in [5, 5.41) is 0. The van der Waals surface area contributed by atoms with Crippen LogP contribution in [0.3, 0.4) is 0 Å². The average Bonchev–Trinajstić information content (AvgIpc) is 2.38. The summed E-state index contributed by atoms with van der Waals surface area (Å²) >= 11 is 0. The Hall–Kier alpha value is -1.17. The Morgan fingerprint density at radius 1 is 1.21 bits per heavy atom. The SMILES string of the molecule is NC(c1ccncc1F)C1CCC(C(F)(F)F)CC1. The summed E-state index contributed by atoms with van der Waals surface area (Å²) in [5.41, 5.74) is 6.31. The maximum absolute atomic E-state index is 13.5. The Labute approximate surface area is 109 Å². The van der Waals surface area contributed by atoms with Crippen LogP contribution in [0, 0.1) is 17.7 Å². The normalized spacial score (nSPS) is 26.2. The zero-order chi connectivity index (χ0) is 14.0.